The molecule has 0 aliphatic heterocycles. The van der Waals surface area contributed by atoms with Crippen LogP contribution in [0.15, 0.2) is 0 Å². The van der Waals surface area contributed by atoms with Crippen molar-refractivity contribution < 1.29 is 0 Å². The minimum absolute atomic E-state index is 0.921. The summed E-state index contributed by atoms with van der Waals surface area (Å²) >= 11 is 2.90. The van der Waals surface area contributed by atoms with Crippen LogP contribution in [0.5, 0.6) is 0 Å². The maximum Gasteiger partial charge on any atom is 0.0324 e. The first-order chi connectivity index (χ1) is 8.71. The first kappa shape index (κ1) is 7.66. The summed E-state index contributed by atoms with van der Waals surface area (Å²) in [5, 5.41) is 0. The fourth-order valence-corrected chi connectivity index (χ4v) is 15.5. The third kappa shape index (κ3) is 0.246. The average Bonchev–Trinajstić information content (AvgIpc) is 2.41. The van der Waals surface area contributed by atoms with Crippen molar-refractivity contribution in [3.8, 4) is 0 Å². The molecule has 0 bridgehead atoms. The van der Waals surface area contributed by atoms with Gasteiger partial charge in [-0.25, -0.2) is 0 Å². The Labute approximate surface area is 120 Å². The van der Waals surface area contributed by atoms with Crippen molar-refractivity contribution in [2.45, 2.75) is 10.3 Å². The van der Waals surface area contributed by atoms with Crippen LogP contribution in [0.1, 0.15) is 6.92 Å². The van der Waals surface area contributed by atoms with Crippen molar-refractivity contribution in [1.29, 1.82) is 0 Å². The van der Waals surface area contributed by atoms with Gasteiger partial charge in [-0.1, -0.05) is 29.5 Å². The van der Waals surface area contributed by atoms with Crippen molar-refractivity contribution in [2.75, 3.05) is 0 Å². The Balaban J connectivity index is 1.26. The van der Waals surface area contributed by atoms with Gasteiger partial charge in [0.2, 0.25) is 0 Å². The van der Waals surface area contributed by atoms with Gasteiger partial charge in [0.15, 0.2) is 0 Å². The summed E-state index contributed by atoms with van der Waals surface area (Å²) in [5.41, 5.74) is 3.07. The molecule has 90 valence electrons. The number of hydrogen-bond acceptors (Lipinski definition) is 0. The molecule has 1 heteroatoms. The molecule has 0 aromatic carbocycles. The van der Waals surface area contributed by atoms with E-state index in [0.29, 0.717) is 0 Å². The molecule has 0 amide bonds. The molecule has 0 saturated heterocycles. The highest BCUT2D eigenvalue weighted by Crippen LogP contribution is 3.21. The Bertz CT molecular complexity index is 535. The smallest absolute Gasteiger partial charge is 0.0324 e. The molecule has 18 heavy (non-hydrogen) atoms. The Kier molecular flexibility index (Phi) is 0.572. The fourth-order valence-electron chi connectivity index (χ4n) is 13.2. The van der Waals surface area contributed by atoms with E-state index >= 15 is 0 Å². The van der Waals surface area contributed by atoms with Gasteiger partial charge in [-0.2, -0.15) is 0 Å². The van der Waals surface area contributed by atoms with Crippen molar-refractivity contribution >= 4 is 22.6 Å². The molecule has 12 saturated carbocycles. The SMILES string of the molecule is CC12C3C4C1C1C2C3C41C12C3C4C1C1C2C3C41I. The first-order valence-corrected chi connectivity index (χ1v) is 9.48. The van der Waals surface area contributed by atoms with Crippen molar-refractivity contribution in [2.24, 2.45) is 87.3 Å². The van der Waals surface area contributed by atoms with Crippen LogP contribution in [-0.2, 0) is 0 Å². The highest BCUT2D eigenvalue weighted by atomic mass is 127. The van der Waals surface area contributed by atoms with Crippen molar-refractivity contribution in [3.63, 3.8) is 0 Å². The number of alkyl halides is 1. The fraction of sp³-hybridized carbons (Fsp3) is 1.00. The lowest BCUT2D eigenvalue weighted by atomic mass is 8.82. The molecule has 0 aromatic rings. The molecular weight excluding hydrogens is 331 g/mol. The highest BCUT2D eigenvalue weighted by molar-refractivity contribution is 14.1. The zero-order chi connectivity index (χ0) is 10.9. The predicted octanol–water partition coefficient (Wildman–Crippen LogP) is 2.67. The molecular formula is C17H15I. The van der Waals surface area contributed by atoms with Crippen LogP contribution in [0.25, 0.3) is 0 Å². The van der Waals surface area contributed by atoms with E-state index in [4.69, 9.17) is 0 Å². The summed E-state index contributed by atoms with van der Waals surface area (Å²) in [5.74, 6) is 15.6. The van der Waals surface area contributed by atoms with Gasteiger partial charge >= 0.3 is 0 Å². The lowest BCUT2D eigenvalue weighted by molar-refractivity contribution is -0.748. The van der Waals surface area contributed by atoms with Gasteiger partial charge in [0.1, 0.15) is 0 Å². The van der Waals surface area contributed by atoms with E-state index in [9.17, 15) is 0 Å². The molecule has 0 nitrogen and oxygen atoms in total. The Morgan fingerprint density at radius 3 is 1.28 bits per heavy atom. The average molecular weight is 346 g/mol. The van der Waals surface area contributed by atoms with E-state index in [1.165, 1.54) is 71.0 Å². The zero-order valence-electron chi connectivity index (χ0n) is 10.3. The van der Waals surface area contributed by atoms with Gasteiger partial charge < -0.3 is 0 Å². The minimum Gasteiger partial charge on any atom is -0.0779 e. The van der Waals surface area contributed by atoms with E-state index in [-0.39, 0.29) is 0 Å². The van der Waals surface area contributed by atoms with E-state index in [2.05, 4.69) is 29.5 Å². The number of rotatable bonds is 1. The van der Waals surface area contributed by atoms with E-state index in [1.54, 1.807) is 0 Å². The normalized spacial score (nSPS) is 115. The predicted molar refractivity (Wildman–Crippen MR) is 71.6 cm³/mol. The van der Waals surface area contributed by atoms with Gasteiger partial charge in [-0.3, -0.25) is 0 Å². The number of hydrogen-bond donors (Lipinski definition) is 0. The topological polar surface area (TPSA) is 0 Å². The highest BCUT2D eigenvalue weighted by Gasteiger charge is 3.20. The lowest BCUT2D eigenvalue weighted by Gasteiger charge is -3.22. The van der Waals surface area contributed by atoms with Gasteiger partial charge in [0, 0.05) is 3.42 Å². The molecule has 0 radical (unpaired) electrons. The van der Waals surface area contributed by atoms with Gasteiger partial charge in [0.25, 0.3) is 0 Å². The van der Waals surface area contributed by atoms with Crippen LogP contribution in [0, 0.1) is 87.3 Å². The second-order valence-corrected chi connectivity index (χ2v) is 12.2. The van der Waals surface area contributed by atoms with E-state index in [0.717, 1.165) is 19.7 Å². The molecule has 0 aromatic heterocycles. The molecule has 12 fully saturated rings. The molecule has 0 heterocycles. The second kappa shape index (κ2) is 1.35. The minimum atomic E-state index is 0.921. The summed E-state index contributed by atoms with van der Waals surface area (Å²) in [6, 6.07) is 0. The maximum atomic E-state index is 2.90. The van der Waals surface area contributed by atoms with Gasteiger partial charge in [0.05, 0.1) is 0 Å². The van der Waals surface area contributed by atoms with Crippen LogP contribution in [0.3, 0.4) is 0 Å². The molecule has 12 aliphatic carbocycles. The Morgan fingerprint density at radius 1 is 0.556 bits per heavy atom. The van der Waals surface area contributed by atoms with Crippen molar-refractivity contribution in [3.05, 3.63) is 0 Å². The molecule has 0 atom stereocenters. The number of halogens is 1. The quantitative estimate of drug-likeness (QED) is 0.506. The second-order valence-electron chi connectivity index (χ2n) is 10.4. The molecule has 12 rings (SSSR count). The largest absolute Gasteiger partial charge is 0.0779 e. The van der Waals surface area contributed by atoms with Gasteiger partial charge in [-0.05, 0) is 87.3 Å². The Hall–Kier alpha value is 0.730. The monoisotopic (exact) mass is 346 g/mol. The summed E-state index contributed by atoms with van der Waals surface area (Å²) in [6.07, 6.45) is 0. The molecule has 12 aliphatic rings. The van der Waals surface area contributed by atoms with Crippen molar-refractivity contribution in [1.82, 2.24) is 0 Å². The van der Waals surface area contributed by atoms with Crippen LogP contribution in [0.4, 0.5) is 0 Å². The summed E-state index contributed by atoms with van der Waals surface area (Å²) < 4.78 is 0.921. The molecule has 0 unspecified atom stereocenters. The lowest BCUT2D eigenvalue weighted by Crippen LogP contribution is -3.21. The zero-order valence-corrected chi connectivity index (χ0v) is 12.5. The molecule has 0 N–H and O–H groups in total. The third-order valence-corrected chi connectivity index (χ3v) is 14.5. The Morgan fingerprint density at radius 2 is 0.889 bits per heavy atom. The summed E-state index contributed by atoms with van der Waals surface area (Å²) in [4.78, 5) is 0. The molecule has 0 spiro atoms. The van der Waals surface area contributed by atoms with E-state index in [1.807, 2.05) is 0 Å². The first-order valence-electron chi connectivity index (χ1n) is 8.40. The standard InChI is InChI=1S/C17H15I/c1-14-2-5-3(14)7-4(14)6(2)15(5,7)16-8-11-9(16)13-10(16)12(8)17(11,13)18/h2-13H,1H3. The third-order valence-electron chi connectivity index (χ3n) is 12.4. The van der Waals surface area contributed by atoms with Gasteiger partial charge in [-0.15, -0.1) is 0 Å². The maximum absolute atomic E-state index is 2.90. The summed E-state index contributed by atoms with van der Waals surface area (Å²) in [6.45, 7) is 2.67. The van der Waals surface area contributed by atoms with Crippen LogP contribution < -0.4 is 0 Å². The van der Waals surface area contributed by atoms with Crippen LogP contribution in [-0.4, -0.2) is 3.42 Å². The van der Waals surface area contributed by atoms with Crippen LogP contribution in [0.2, 0.25) is 0 Å². The van der Waals surface area contributed by atoms with Crippen LogP contribution >= 0.6 is 22.6 Å². The summed E-state index contributed by atoms with van der Waals surface area (Å²) in [7, 11) is 0. The van der Waals surface area contributed by atoms with E-state index < -0.39 is 0 Å².